The molecule has 0 unspecified atom stereocenters. The van der Waals surface area contributed by atoms with Crippen molar-refractivity contribution in [2.75, 3.05) is 15.3 Å². The third-order valence-corrected chi connectivity index (χ3v) is 3.47. The zero-order valence-corrected chi connectivity index (χ0v) is 12.8. The van der Waals surface area contributed by atoms with Gasteiger partial charge in [-0.2, -0.15) is 13.2 Å². The van der Waals surface area contributed by atoms with Crippen LogP contribution in [0.1, 0.15) is 5.56 Å². The number of halogens is 3. The van der Waals surface area contributed by atoms with Crippen molar-refractivity contribution in [2.45, 2.75) is 6.18 Å². The summed E-state index contributed by atoms with van der Waals surface area (Å²) >= 11 is 0. The van der Waals surface area contributed by atoms with Gasteiger partial charge in [-0.3, -0.25) is 10.0 Å². The molecular weight excluding hydrogens is 335 g/mol. The molecule has 25 heavy (non-hydrogen) atoms. The van der Waals surface area contributed by atoms with E-state index in [1.807, 2.05) is 0 Å². The Morgan fingerprint density at radius 3 is 1.84 bits per heavy atom. The van der Waals surface area contributed by atoms with Crippen LogP contribution in [-0.2, 0) is 6.18 Å². The van der Waals surface area contributed by atoms with Crippen LogP contribution in [0.15, 0.2) is 60.9 Å². The molecule has 1 heterocycles. The number of alkyl halides is 3. The van der Waals surface area contributed by atoms with Gasteiger partial charge in [0.25, 0.3) is 0 Å². The fourth-order valence-electron chi connectivity index (χ4n) is 2.26. The minimum Gasteiger partial charge on any atom is -0.351 e. The molecule has 1 aliphatic heterocycles. The number of hydrogen-bond acceptors (Lipinski definition) is 4. The summed E-state index contributed by atoms with van der Waals surface area (Å²) < 4.78 is 37.8. The predicted molar refractivity (Wildman–Crippen MR) is 88.3 cm³/mol. The molecule has 4 N–H and O–H groups in total. The zero-order valence-electron chi connectivity index (χ0n) is 12.8. The van der Waals surface area contributed by atoms with Gasteiger partial charge in [-0.1, -0.05) is 0 Å². The Morgan fingerprint density at radius 1 is 0.920 bits per heavy atom. The van der Waals surface area contributed by atoms with Crippen LogP contribution in [0.2, 0.25) is 0 Å². The van der Waals surface area contributed by atoms with Gasteiger partial charge in [-0.25, -0.2) is 4.79 Å². The van der Waals surface area contributed by atoms with Gasteiger partial charge < -0.3 is 11.1 Å². The van der Waals surface area contributed by atoms with Crippen molar-refractivity contribution in [1.82, 2.24) is 5.53 Å². The molecular formula is C16H14F3N5O. The highest BCUT2D eigenvalue weighted by atomic mass is 19.4. The molecule has 2 amide bonds. The van der Waals surface area contributed by atoms with E-state index in [9.17, 15) is 18.0 Å². The van der Waals surface area contributed by atoms with Crippen LogP contribution in [0.5, 0.6) is 0 Å². The van der Waals surface area contributed by atoms with Crippen molar-refractivity contribution in [2.24, 2.45) is 5.73 Å². The van der Waals surface area contributed by atoms with Gasteiger partial charge in [-0.15, -0.1) is 5.53 Å². The van der Waals surface area contributed by atoms with Gasteiger partial charge in [0, 0.05) is 18.1 Å². The SMILES string of the molecule is NC(=O)Nc1ccc(N2C=CN(c3ccc(C(F)(F)F)cc3)N2)cc1. The molecule has 9 heteroatoms. The maximum absolute atomic E-state index is 12.6. The van der Waals surface area contributed by atoms with Crippen LogP contribution in [0.3, 0.4) is 0 Å². The second-order valence-corrected chi connectivity index (χ2v) is 5.22. The topological polar surface area (TPSA) is 73.6 Å². The molecule has 0 bridgehead atoms. The number of carbonyl (C=O) groups excluding carboxylic acids is 1. The molecule has 0 radical (unpaired) electrons. The molecule has 0 saturated heterocycles. The van der Waals surface area contributed by atoms with Crippen LogP contribution < -0.4 is 26.6 Å². The number of nitrogens with one attached hydrogen (secondary N) is 2. The van der Waals surface area contributed by atoms with Crippen LogP contribution >= 0.6 is 0 Å². The monoisotopic (exact) mass is 349 g/mol. The van der Waals surface area contributed by atoms with Crippen molar-refractivity contribution in [3.8, 4) is 0 Å². The van der Waals surface area contributed by atoms with E-state index in [4.69, 9.17) is 5.73 Å². The average molecular weight is 349 g/mol. The number of hydrogen-bond donors (Lipinski definition) is 3. The number of amides is 2. The lowest BCUT2D eigenvalue weighted by Crippen LogP contribution is -2.39. The van der Waals surface area contributed by atoms with Crippen molar-refractivity contribution in [3.05, 3.63) is 66.5 Å². The normalized spacial score (nSPS) is 14.0. The summed E-state index contributed by atoms with van der Waals surface area (Å²) in [6.07, 6.45) is -0.966. The quantitative estimate of drug-likeness (QED) is 0.794. The Bertz CT molecular complexity index is 787. The van der Waals surface area contributed by atoms with Gasteiger partial charge in [0.05, 0.1) is 16.9 Å². The summed E-state index contributed by atoms with van der Waals surface area (Å²) in [4.78, 5) is 10.8. The highest BCUT2D eigenvalue weighted by molar-refractivity contribution is 5.88. The van der Waals surface area contributed by atoms with E-state index < -0.39 is 17.8 Å². The first-order valence-electron chi connectivity index (χ1n) is 7.20. The van der Waals surface area contributed by atoms with E-state index in [-0.39, 0.29) is 0 Å². The lowest BCUT2D eigenvalue weighted by molar-refractivity contribution is -0.137. The summed E-state index contributed by atoms with van der Waals surface area (Å²) in [6.45, 7) is 0. The third kappa shape index (κ3) is 3.83. The van der Waals surface area contributed by atoms with Gasteiger partial charge in [-0.05, 0) is 48.5 Å². The van der Waals surface area contributed by atoms with Crippen LogP contribution in [0.25, 0.3) is 0 Å². The minimum absolute atomic E-state index is 0.554. The second kappa shape index (κ2) is 6.36. The number of nitrogens with two attached hydrogens (primary N) is 1. The van der Waals surface area contributed by atoms with E-state index in [0.717, 1.165) is 17.8 Å². The summed E-state index contributed by atoms with van der Waals surface area (Å²) in [5.74, 6) is 0. The lowest BCUT2D eigenvalue weighted by atomic mass is 10.2. The van der Waals surface area contributed by atoms with E-state index in [2.05, 4.69) is 10.9 Å². The summed E-state index contributed by atoms with van der Waals surface area (Å²) in [6, 6.07) is 11.0. The van der Waals surface area contributed by atoms with Gasteiger partial charge in [0.2, 0.25) is 0 Å². The standard InChI is InChI=1S/C16H14F3N5O/c17-16(18,19)11-1-5-13(6-2-11)23-9-10-24(22-23)14-7-3-12(4-8-14)21-15(20)25/h1-10,22H,(H3,20,21,25). The minimum atomic E-state index is -4.36. The molecule has 0 aromatic heterocycles. The number of carbonyl (C=O) groups is 1. The van der Waals surface area contributed by atoms with E-state index >= 15 is 0 Å². The number of primary amides is 1. The first kappa shape index (κ1) is 16.7. The molecule has 2 aromatic rings. The summed E-state index contributed by atoms with van der Waals surface area (Å²) in [5, 5.41) is 5.71. The predicted octanol–water partition coefficient (Wildman–Crippen LogP) is 3.41. The Hall–Kier alpha value is -3.20. The molecule has 6 nitrogen and oxygen atoms in total. The number of urea groups is 1. The second-order valence-electron chi connectivity index (χ2n) is 5.22. The smallest absolute Gasteiger partial charge is 0.351 e. The van der Waals surface area contributed by atoms with Crippen LogP contribution in [0, 0.1) is 0 Å². The molecule has 0 atom stereocenters. The Labute approximate surface area is 141 Å². The zero-order chi connectivity index (χ0) is 18.0. The van der Waals surface area contributed by atoms with Gasteiger partial charge in [0.15, 0.2) is 0 Å². The Kier molecular flexibility index (Phi) is 4.24. The molecule has 0 spiro atoms. The fraction of sp³-hybridized carbons (Fsp3) is 0.0625. The van der Waals surface area contributed by atoms with Crippen molar-refractivity contribution < 1.29 is 18.0 Å². The molecule has 2 aromatic carbocycles. The summed E-state index contributed by atoms with van der Waals surface area (Å²) in [5.41, 5.74) is 9.22. The first-order chi connectivity index (χ1) is 11.8. The maximum atomic E-state index is 12.6. The fourth-order valence-corrected chi connectivity index (χ4v) is 2.26. The van der Waals surface area contributed by atoms with Gasteiger partial charge >= 0.3 is 12.2 Å². The van der Waals surface area contributed by atoms with E-state index in [0.29, 0.717) is 11.4 Å². The van der Waals surface area contributed by atoms with Crippen molar-refractivity contribution in [3.63, 3.8) is 0 Å². The molecule has 0 aliphatic carbocycles. The van der Waals surface area contributed by atoms with Crippen LogP contribution in [0.4, 0.5) is 35.0 Å². The highest BCUT2D eigenvalue weighted by Gasteiger charge is 2.30. The van der Waals surface area contributed by atoms with E-state index in [1.165, 1.54) is 12.1 Å². The molecule has 0 fully saturated rings. The number of anilines is 3. The first-order valence-corrected chi connectivity index (χ1v) is 7.20. The van der Waals surface area contributed by atoms with Crippen LogP contribution in [-0.4, -0.2) is 6.03 Å². The number of hydrazine groups is 2. The number of rotatable bonds is 3. The molecule has 1 aliphatic rings. The number of benzene rings is 2. The molecule has 130 valence electrons. The third-order valence-electron chi connectivity index (χ3n) is 3.47. The maximum Gasteiger partial charge on any atom is 0.416 e. The Balaban J connectivity index is 1.67. The molecule has 0 saturated carbocycles. The largest absolute Gasteiger partial charge is 0.416 e. The lowest BCUT2D eigenvalue weighted by Gasteiger charge is -2.23. The Morgan fingerprint density at radius 2 is 1.40 bits per heavy atom. The van der Waals surface area contributed by atoms with Crippen molar-refractivity contribution >= 4 is 23.1 Å². The highest BCUT2D eigenvalue weighted by Crippen LogP contribution is 2.31. The number of nitrogens with zero attached hydrogens (tertiary/aromatic N) is 2. The summed E-state index contributed by atoms with van der Waals surface area (Å²) in [7, 11) is 0. The van der Waals surface area contributed by atoms with Crippen molar-refractivity contribution in [1.29, 1.82) is 0 Å². The van der Waals surface area contributed by atoms with E-state index in [1.54, 1.807) is 46.7 Å². The molecule has 3 rings (SSSR count). The average Bonchev–Trinajstić information content (AvgIpc) is 3.04. The van der Waals surface area contributed by atoms with Gasteiger partial charge in [0.1, 0.15) is 0 Å².